The van der Waals surface area contributed by atoms with Crippen molar-refractivity contribution in [2.24, 2.45) is 0 Å². The monoisotopic (exact) mass is 313 g/mol. The molecule has 0 aliphatic heterocycles. The SMILES string of the molecule is Cc1[c]ccc(-c2cc(C(F)(F)F)ccc2Br)c1. The maximum Gasteiger partial charge on any atom is 0.416 e. The largest absolute Gasteiger partial charge is 0.416 e. The molecule has 0 bridgehead atoms. The molecule has 0 aliphatic carbocycles. The fourth-order valence-electron chi connectivity index (χ4n) is 1.68. The lowest BCUT2D eigenvalue weighted by atomic mass is 10.0. The Labute approximate surface area is 112 Å². The van der Waals surface area contributed by atoms with E-state index < -0.39 is 11.7 Å². The van der Waals surface area contributed by atoms with E-state index >= 15 is 0 Å². The zero-order chi connectivity index (χ0) is 13.3. The van der Waals surface area contributed by atoms with Crippen LogP contribution in [0.1, 0.15) is 11.1 Å². The van der Waals surface area contributed by atoms with Crippen LogP contribution < -0.4 is 0 Å². The Morgan fingerprint density at radius 1 is 1.11 bits per heavy atom. The van der Waals surface area contributed by atoms with E-state index in [1.165, 1.54) is 6.07 Å². The summed E-state index contributed by atoms with van der Waals surface area (Å²) in [5.74, 6) is 0. The Hall–Kier alpha value is -1.29. The summed E-state index contributed by atoms with van der Waals surface area (Å²) in [6.45, 7) is 1.85. The molecule has 2 aromatic carbocycles. The Kier molecular flexibility index (Phi) is 3.48. The molecule has 0 atom stereocenters. The molecule has 0 spiro atoms. The molecule has 18 heavy (non-hydrogen) atoms. The third-order valence-corrected chi connectivity index (χ3v) is 3.24. The minimum absolute atomic E-state index is 0.530. The molecular weight excluding hydrogens is 305 g/mol. The Morgan fingerprint density at radius 3 is 2.44 bits per heavy atom. The van der Waals surface area contributed by atoms with Gasteiger partial charge in [0.2, 0.25) is 0 Å². The highest BCUT2D eigenvalue weighted by atomic mass is 79.9. The van der Waals surface area contributed by atoms with Crippen LogP contribution in [0.2, 0.25) is 0 Å². The van der Waals surface area contributed by atoms with Gasteiger partial charge in [-0.2, -0.15) is 13.2 Å². The second kappa shape index (κ2) is 4.76. The fraction of sp³-hybridized carbons (Fsp3) is 0.143. The lowest BCUT2D eigenvalue weighted by molar-refractivity contribution is -0.137. The summed E-state index contributed by atoms with van der Waals surface area (Å²) in [4.78, 5) is 0. The van der Waals surface area contributed by atoms with Gasteiger partial charge in [0.15, 0.2) is 0 Å². The first-order valence-corrected chi connectivity index (χ1v) is 6.02. The first-order valence-electron chi connectivity index (χ1n) is 5.23. The van der Waals surface area contributed by atoms with Crippen LogP contribution in [0.4, 0.5) is 13.2 Å². The van der Waals surface area contributed by atoms with Gasteiger partial charge in [-0.05, 0) is 47.9 Å². The number of rotatable bonds is 1. The minimum Gasteiger partial charge on any atom is -0.166 e. The molecule has 0 amide bonds. The molecule has 0 saturated carbocycles. The summed E-state index contributed by atoms with van der Waals surface area (Å²) in [5.41, 5.74) is 1.51. The standard InChI is InChI=1S/C14H9BrF3/c1-9-3-2-4-10(7-9)12-8-11(14(16,17)18)5-6-13(12)15/h2,4-8H,1H3. The van der Waals surface area contributed by atoms with Crippen molar-refractivity contribution in [2.45, 2.75) is 13.1 Å². The van der Waals surface area contributed by atoms with Gasteiger partial charge in [-0.1, -0.05) is 34.1 Å². The minimum atomic E-state index is -4.33. The second-order valence-corrected chi connectivity index (χ2v) is 4.81. The van der Waals surface area contributed by atoms with E-state index in [9.17, 15) is 13.2 Å². The van der Waals surface area contributed by atoms with Gasteiger partial charge in [0, 0.05) is 4.47 Å². The normalized spacial score (nSPS) is 11.6. The van der Waals surface area contributed by atoms with Crippen molar-refractivity contribution in [2.75, 3.05) is 0 Å². The van der Waals surface area contributed by atoms with Gasteiger partial charge < -0.3 is 0 Å². The highest BCUT2D eigenvalue weighted by Gasteiger charge is 2.30. The zero-order valence-corrected chi connectivity index (χ0v) is 11.1. The average Bonchev–Trinajstić information content (AvgIpc) is 2.28. The molecule has 0 saturated heterocycles. The van der Waals surface area contributed by atoms with E-state index in [2.05, 4.69) is 22.0 Å². The smallest absolute Gasteiger partial charge is 0.166 e. The third kappa shape index (κ3) is 2.75. The van der Waals surface area contributed by atoms with Crippen LogP contribution in [-0.4, -0.2) is 0 Å². The Balaban J connectivity index is 2.57. The summed E-state index contributed by atoms with van der Waals surface area (Å²) in [5, 5.41) is 0. The van der Waals surface area contributed by atoms with E-state index in [1.807, 2.05) is 6.92 Å². The third-order valence-electron chi connectivity index (χ3n) is 2.55. The van der Waals surface area contributed by atoms with Gasteiger partial charge in [-0.3, -0.25) is 0 Å². The van der Waals surface area contributed by atoms with Gasteiger partial charge in [0.25, 0.3) is 0 Å². The summed E-state index contributed by atoms with van der Waals surface area (Å²) in [6, 6.07) is 11.9. The summed E-state index contributed by atoms with van der Waals surface area (Å²) >= 11 is 3.28. The fourth-order valence-corrected chi connectivity index (χ4v) is 2.15. The van der Waals surface area contributed by atoms with Gasteiger partial charge in [0.1, 0.15) is 0 Å². The van der Waals surface area contributed by atoms with Crippen molar-refractivity contribution < 1.29 is 13.2 Å². The van der Waals surface area contributed by atoms with Crippen molar-refractivity contribution in [3.8, 4) is 11.1 Å². The Bertz CT molecular complexity index is 573. The van der Waals surface area contributed by atoms with Crippen LogP contribution in [0.25, 0.3) is 11.1 Å². The molecule has 0 fully saturated rings. The van der Waals surface area contributed by atoms with E-state index in [-0.39, 0.29) is 0 Å². The van der Waals surface area contributed by atoms with Crippen molar-refractivity contribution in [1.29, 1.82) is 0 Å². The molecule has 93 valence electrons. The summed E-state index contributed by atoms with van der Waals surface area (Å²) in [6.07, 6.45) is -4.33. The first kappa shape index (κ1) is 13.1. The maximum absolute atomic E-state index is 12.7. The van der Waals surface area contributed by atoms with Crippen LogP contribution in [0.3, 0.4) is 0 Å². The lowest BCUT2D eigenvalue weighted by Crippen LogP contribution is -2.04. The van der Waals surface area contributed by atoms with E-state index in [4.69, 9.17) is 0 Å². The highest BCUT2D eigenvalue weighted by Crippen LogP contribution is 2.36. The number of halogens is 4. The topological polar surface area (TPSA) is 0 Å². The van der Waals surface area contributed by atoms with Crippen molar-refractivity contribution >= 4 is 15.9 Å². The van der Waals surface area contributed by atoms with E-state index in [0.29, 0.717) is 10.0 Å². The van der Waals surface area contributed by atoms with Crippen LogP contribution in [0.15, 0.2) is 40.9 Å². The van der Waals surface area contributed by atoms with Crippen LogP contribution in [-0.2, 0) is 6.18 Å². The van der Waals surface area contributed by atoms with Gasteiger partial charge in [-0.25, -0.2) is 0 Å². The van der Waals surface area contributed by atoms with E-state index in [1.54, 1.807) is 18.2 Å². The Morgan fingerprint density at radius 2 is 1.83 bits per heavy atom. The van der Waals surface area contributed by atoms with Gasteiger partial charge in [-0.15, -0.1) is 0 Å². The highest BCUT2D eigenvalue weighted by molar-refractivity contribution is 9.10. The van der Waals surface area contributed by atoms with Gasteiger partial charge in [0.05, 0.1) is 5.56 Å². The molecule has 2 rings (SSSR count). The first-order chi connectivity index (χ1) is 8.38. The van der Waals surface area contributed by atoms with Gasteiger partial charge >= 0.3 is 6.18 Å². The summed E-state index contributed by atoms with van der Waals surface area (Å²) in [7, 11) is 0. The number of aryl methyl sites for hydroxylation is 1. The molecule has 2 aromatic rings. The van der Waals surface area contributed by atoms with Crippen LogP contribution >= 0.6 is 15.9 Å². The number of benzene rings is 2. The molecule has 0 aromatic heterocycles. The molecule has 0 unspecified atom stereocenters. The molecular formula is C14H9BrF3. The molecule has 0 aliphatic rings. The molecule has 0 nitrogen and oxygen atoms in total. The lowest BCUT2D eigenvalue weighted by Gasteiger charge is -2.11. The number of hydrogen-bond donors (Lipinski definition) is 0. The van der Waals surface area contributed by atoms with Crippen molar-refractivity contribution in [3.05, 3.63) is 58.1 Å². The van der Waals surface area contributed by atoms with Crippen molar-refractivity contribution in [1.82, 2.24) is 0 Å². The van der Waals surface area contributed by atoms with E-state index in [0.717, 1.165) is 23.3 Å². The maximum atomic E-state index is 12.7. The second-order valence-electron chi connectivity index (χ2n) is 3.95. The van der Waals surface area contributed by atoms with Crippen molar-refractivity contribution in [3.63, 3.8) is 0 Å². The zero-order valence-electron chi connectivity index (χ0n) is 9.48. The quantitative estimate of drug-likeness (QED) is 0.675. The molecule has 0 N–H and O–H groups in total. The average molecular weight is 314 g/mol. The number of alkyl halides is 3. The predicted octanol–water partition coefficient (Wildman–Crippen LogP) is 5.24. The molecule has 4 heteroatoms. The number of hydrogen-bond acceptors (Lipinski definition) is 0. The predicted molar refractivity (Wildman–Crippen MR) is 68.2 cm³/mol. The molecule has 1 radical (unpaired) electrons. The summed E-state index contributed by atoms with van der Waals surface area (Å²) < 4.78 is 38.7. The van der Waals surface area contributed by atoms with Crippen LogP contribution in [0, 0.1) is 13.0 Å². The van der Waals surface area contributed by atoms with Crippen LogP contribution in [0.5, 0.6) is 0 Å². The molecule has 0 heterocycles.